The van der Waals surface area contributed by atoms with Gasteiger partial charge in [-0.15, -0.1) is 0 Å². The summed E-state index contributed by atoms with van der Waals surface area (Å²) in [5.74, 6) is -0.148. The fraction of sp³-hybridized carbons (Fsp3) is 0.375. The summed E-state index contributed by atoms with van der Waals surface area (Å²) in [6, 6.07) is 1.89. The number of aromatic nitrogens is 1. The van der Waals surface area contributed by atoms with Gasteiger partial charge in [-0.05, 0) is 74.1 Å². The van der Waals surface area contributed by atoms with Gasteiger partial charge >= 0.3 is 0 Å². The Labute approximate surface area is 165 Å². The number of hydrogen-bond donors (Lipinski definition) is 1. The van der Waals surface area contributed by atoms with Gasteiger partial charge in [0.25, 0.3) is 0 Å². The zero-order chi connectivity index (χ0) is 19.7. The molecule has 3 nitrogen and oxygen atoms in total. The first kappa shape index (κ1) is 17.6. The fourth-order valence-electron chi connectivity index (χ4n) is 5.36. The number of hydrogen-bond acceptors (Lipinski definition) is 3. The van der Waals surface area contributed by atoms with Crippen LogP contribution in [0.5, 0.6) is 0 Å². The monoisotopic (exact) mass is 375 g/mol. The Morgan fingerprint density at radius 2 is 2.11 bits per heavy atom. The van der Waals surface area contributed by atoms with E-state index < -0.39 is 0 Å². The summed E-state index contributed by atoms with van der Waals surface area (Å²) >= 11 is 0. The average Bonchev–Trinajstić information content (AvgIpc) is 3.04. The summed E-state index contributed by atoms with van der Waals surface area (Å²) in [7, 11) is 2.02. The van der Waals surface area contributed by atoms with Gasteiger partial charge in [0, 0.05) is 28.8 Å². The molecule has 1 aromatic carbocycles. The topological polar surface area (TPSA) is 28.2 Å². The summed E-state index contributed by atoms with van der Waals surface area (Å²) < 4.78 is 14.6. The number of pyridine rings is 1. The van der Waals surface area contributed by atoms with Gasteiger partial charge in [0.1, 0.15) is 5.82 Å². The van der Waals surface area contributed by atoms with E-state index in [1.54, 1.807) is 6.07 Å². The van der Waals surface area contributed by atoms with Crippen LogP contribution in [0.4, 0.5) is 4.39 Å². The maximum absolute atomic E-state index is 14.6. The molecule has 4 heteroatoms. The summed E-state index contributed by atoms with van der Waals surface area (Å²) in [5, 5.41) is 4.66. The van der Waals surface area contributed by atoms with E-state index in [0.29, 0.717) is 0 Å². The van der Waals surface area contributed by atoms with Crippen molar-refractivity contribution < 1.29 is 4.39 Å². The van der Waals surface area contributed by atoms with Gasteiger partial charge in [-0.3, -0.25) is 0 Å². The van der Waals surface area contributed by atoms with Gasteiger partial charge in [0.2, 0.25) is 0 Å². The Morgan fingerprint density at radius 1 is 1.32 bits per heavy atom. The van der Waals surface area contributed by atoms with E-state index in [9.17, 15) is 4.39 Å². The van der Waals surface area contributed by atoms with Gasteiger partial charge in [-0.25, -0.2) is 9.37 Å². The van der Waals surface area contributed by atoms with Gasteiger partial charge < -0.3 is 10.2 Å². The fourth-order valence-corrected chi connectivity index (χ4v) is 5.36. The second-order valence-corrected chi connectivity index (χ2v) is 8.17. The van der Waals surface area contributed by atoms with Crippen molar-refractivity contribution in [1.82, 2.24) is 15.2 Å². The first-order valence-electron chi connectivity index (χ1n) is 10.2. The second-order valence-electron chi connectivity index (χ2n) is 8.17. The molecular formula is C24H26FN3. The maximum atomic E-state index is 14.6. The highest BCUT2D eigenvalue weighted by Crippen LogP contribution is 2.48. The van der Waals surface area contributed by atoms with Crippen LogP contribution in [0.2, 0.25) is 0 Å². The summed E-state index contributed by atoms with van der Waals surface area (Å²) in [6.45, 7) is 11.4. The normalized spacial score (nSPS) is 20.6. The van der Waals surface area contributed by atoms with Crippen molar-refractivity contribution in [2.24, 2.45) is 0 Å². The molecule has 3 heterocycles. The van der Waals surface area contributed by atoms with Crippen LogP contribution in [0, 0.1) is 12.7 Å². The molecule has 1 aromatic heterocycles. The third-order valence-corrected chi connectivity index (χ3v) is 6.83. The third-order valence-electron chi connectivity index (χ3n) is 6.83. The third kappa shape index (κ3) is 2.15. The minimum absolute atomic E-state index is 0.148. The Kier molecular flexibility index (Phi) is 3.79. The molecule has 0 bridgehead atoms. The lowest BCUT2D eigenvalue weighted by molar-refractivity contribution is 0.493. The molecule has 3 aliphatic rings. The first-order chi connectivity index (χ1) is 13.5. The van der Waals surface area contributed by atoms with E-state index in [0.717, 1.165) is 64.9 Å². The molecule has 0 amide bonds. The number of aryl methyl sites for hydroxylation is 1. The molecule has 0 saturated carbocycles. The number of nitrogens with zero attached hydrogens (tertiary/aromatic N) is 2. The van der Waals surface area contributed by atoms with Crippen LogP contribution >= 0.6 is 0 Å². The maximum Gasteiger partial charge on any atom is 0.128 e. The van der Waals surface area contributed by atoms with E-state index >= 15 is 0 Å². The molecule has 2 aliphatic heterocycles. The minimum Gasteiger partial charge on any atom is -0.335 e. The number of rotatable bonds is 2. The van der Waals surface area contributed by atoms with Crippen LogP contribution in [0.15, 0.2) is 35.6 Å². The zero-order valence-electron chi connectivity index (χ0n) is 17.0. The first-order valence-corrected chi connectivity index (χ1v) is 10.2. The van der Waals surface area contributed by atoms with Crippen LogP contribution < -0.4 is 5.32 Å². The highest BCUT2D eigenvalue weighted by molar-refractivity contribution is 5.93. The predicted octanol–water partition coefficient (Wildman–Crippen LogP) is 5.30. The van der Waals surface area contributed by atoms with Crippen LogP contribution in [-0.4, -0.2) is 16.9 Å². The van der Waals surface area contributed by atoms with Crippen molar-refractivity contribution in [3.63, 3.8) is 0 Å². The Balaban J connectivity index is 1.85. The second kappa shape index (κ2) is 6.02. The van der Waals surface area contributed by atoms with Crippen molar-refractivity contribution in [2.45, 2.75) is 52.6 Å². The molecule has 1 unspecified atom stereocenters. The Bertz CT molecular complexity index is 1120. The smallest absolute Gasteiger partial charge is 0.128 e. The van der Waals surface area contributed by atoms with E-state index in [-0.39, 0.29) is 11.9 Å². The highest BCUT2D eigenvalue weighted by atomic mass is 19.1. The van der Waals surface area contributed by atoms with E-state index in [4.69, 9.17) is 4.98 Å². The van der Waals surface area contributed by atoms with Crippen molar-refractivity contribution in [3.8, 4) is 0 Å². The molecule has 0 spiro atoms. The van der Waals surface area contributed by atoms with Crippen molar-refractivity contribution in [3.05, 3.63) is 69.3 Å². The summed E-state index contributed by atoms with van der Waals surface area (Å²) in [4.78, 5) is 7.29. The predicted molar refractivity (Wildman–Crippen MR) is 112 cm³/mol. The lowest BCUT2D eigenvalue weighted by Gasteiger charge is -2.29. The van der Waals surface area contributed by atoms with Crippen LogP contribution in [0.25, 0.3) is 16.6 Å². The minimum atomic E-state index is -0.148. The molecule has 144 valence electrons. The molecule has 0 fully saturated rings. The average molecular weight is 375 g/mol. The molecule has 28 heavy (non-hydrogen) atoms. The van der Waals surface area contributed by atoms with Crippen LogP contribution in [-0.2, 0) is 13.0 Å². The number of benzene rings is 1. The van der Waals surface area contributed by atoms with Crippen molar-refractivity contribution in [2.75, 3.05) is 7.05 Å². The van der Waals surface area contributed by atoms with Crippen molar-refractivity contribution in [1.29, 1.82) is 0 Å². The van der Waals surface area contributed by atoms with Gasteiger partial charge in [0.15, 0.2) is 0 Å². The van der Waals surface area contributed by atoms with Gasteiger partial charge in [-0.2, -0.15) is 0 Å². The zero-order valence-corrected chi connectivity index (χ0v) is 17.0. The lowest BCUT2D eigenvalue weighted by Crippen LogP contribution is -2.24. The highest BCUT2D eigenvalue weighted by Gasteiger charge is 2.37. The van der Waals surface area contributed by atoms with Crippen LogP contribution in [0.3, 0.4) is 0 Å². The SMILES string of the molecule is C=C1C(CC)=C(C)C=C2c3nc4cc(F)c(C)c5c4c(c3CN12)C(NC)CC5. The lowest BCUT2D eigenvalue weighted by atomic mass is 9.82. The summed E-state index contributed by atoms with van der Waals surface area (Å²) in [5.41, 5.74) is 11.0. The Morgan fingerprint density at radius 3 is 2.82 bits per heavy atom. The molecule has 1 aliphatic carbocycles. The molecule has 0 radical (unpaired) electrons. The van der Waals surface area contributed by atoms with Gasteiger partial charge in [-0.1, -0.05) is 13.5 Å². The molecule has 1 atom stereocenters. The van der Waals surface area contributed by atoms with E-state index in [1.807, 2.05) is 14.0 Å². The number of fused-ring (bicyclic) bond motifs is 4. The quantitative estimate of drug-likeness (QED) is 0.772. The van der Waals surface area contributed by atoms with E-state index in [1.165, 1.54) is 22.3 Å². The molecule has 2 aromatic rings. The number of allylic oxidation sites excluding steroid dienone is 3. The standard InChI is InChI=1S/C24H26FN3/c1-6-15-12(2)9-21-24-17(11-28(21)14(15)4)23-19(26-5)8-7-16-13(3)18(25)10-20(27-24)22(16)23/h9-10,19,26H,4,6-8,11H2,1-3,5H3. The number of halogens is 1. The summed E-state index contributed by atoms with van der Waals surface area (Å²) in [6.07, 6.45) is 5.07. The largest absolute Gasteiger partial charge is 0.335 e. The van der Waals surface area contributed by atoms with E-state index in [2.05, 4.69) is 36.7 Å². The molecule has 1 N–H and O–H groups in total. The van der Waals surface area contributed by atoms with Crippen LogP contribution in [0.1, 0.15) is 60.7 Å². The number of nitrogens with one attached hydrogen (secondary N) is 1. The molecule has 5 rings (SSSR count). The molecule has 0 saturated heterocycles. The van der Waals surface area contributed by atoms with Gasteiger partial charge in [0.05, 0.1) is 23.5 Å². The Hall–Kier alpha value is -2.46. The van der Waals surface area contributed by atoms with Crippen molar-refractivity contribution >= 4 is 16.6 Å². The molecular weight excluding hydrogens is 349 g/mol.